The van der Waals surface area contributed by atoms with E-state index in [1.54, 1.807) is 0 Å². The molecular weight excluding hydrogens is 154 g/mol. The van der Waals surface area contributed by atoms with Crippen LogP contribution in [0.3, 0.4) is 0 Å². The summed E-state index contributed by atoms with van der Waals surface area (Å²) < 4.78 is 5.40. The Kier molecular flexibility index (Phi) is 3.07. The third kappa shape index (κ3) is 2.20. The Morgan fingerprint density at radius 2 is 2.17 bits per heavy atom. The second kappa shape index (κ2) is 3.88. The fourth-order valence-electron chi connectivity index (χ4n) is 1.58. The first-order valence-electron chi connectivity index (χ1n) is 4.45. The van der Waals surface area contributed by atoms with Gasteiger partial charge in [0, 0.05) is 6.61 Å². The summed E-state index contributed by atoms with van der Waals surface area (Å²) in [4.78, 5) is 0. The fraction of sp³-hybridized carbons (Fsp3) is 0.889. The third-order valence-electron chi connectivity index (χ3n) is 2.37. The number of hydrogen-bond donors (Lipinski definition) is 1. The first kappa shape index (κ1) is 9.50. The van der Waals surface area contributed by atoms with E-state index in [2.05, 4.69) is 0 Å². The molecule has 1 rings (SSSR count). The van der Waals surface area contributed by atoms with Gasteiger partial charge in [-0.1, -0.05) is 0 Å². The van der Waals surface area contributed by atoms with Gasteiger partial charge in [-0.2, -0.15) is 5.26 Å². The normalized spacial score (nSPS) is 35.9. The number of hydrogen-bond acceptors (Lipinski definition) is 3. The summed E-state index contributed by atoms with van der Waals surface area (Å²) in [5, 5.41) is 18.2. The van der Waals surface area contributed by atoms with Gasteiger partial charge in [0.2, 0.25) is 0 Å². The van der Waals surface area contributed by atoms with Crippen molar-refractivity contribution in [3.05, 3.63) is 0 Å². The van der Waals surface area contributed by atoms with Crippen molar-refractivity contribution in [2.45, 2.75) is 44.3 Å². The van der Waals surface area contributed by atoms with Crippen molar-refractivity contribution in [3.63, 3.8) is 0 Å². The van der Waals surface area contributed by atoms with E-state index in [9.17, 15) is 5.11 Å². The molecule has 0 spiro atoms. The van der Waals surface area contributed by atoms with E-state index in [-0.39, 0.29) is 6.10 Å². The molecule has 1 fully saturated rings. The van der Waals surface area contributed by atoms with Crippen molar-refractivity contribution in [2.24, 2.45) is 0 Å². The second-order valence-electron chi connectivity index (χ2n) is 3.30. The van der Waals surface area contributed by atoms with Gasteiger partial charge >= 0.3 is 0 Å². The van der Waals surface area contributed by atoms with Crippen LogP contribution in [-0.4, -0.2) is 23.4 Å². The molecule has 12 heavy (non-hydrogen) atoms. The van der Waals surface area contributed by atoms with Gasteiger partial charge in [0.05, 0.1) is 12.2 Å². The quantitative estimate of drug-likeness (QED) is 0.632. The van der Waals surface area contributed by atoms with Crippen LogP contribution >= 0.6 is 0 Å². The molecule has 0 aliphatic heterocycles. The van der Waals surface area contributed by atoms with Gasteiger partial charge in [-0.25, -0.2) is 0 Å². The van der Waals surface area contributed by atoms with Crippen LogP contribution in [0, 0.1) is 11.3 Å². The first-order chi connectivity index (χ1) is 5.70. The first-order valence-corrected chi connectivity index (χ1v) is 4.45. The van der Waals surface area contributed by atoms with E-state index in [1.807, 2.05) is 13.0 Å². The van der Waals surface area contributed by atoms with E-state index in [0.29, 0.717) is 12.8 Å². The highest BCUT2D eigenvalue weighted by Gasteiger charge is 2.33. The van der Waals surface area contributed by atoms with Crippen LogP contribution in [0.1, 0.15) is 32.6 Å². The smallest absolute Gasteiger partial charge is 0.151 e. The monoisotopic (exact) mass is 169 g/mol. The van der Waals surface area contributed by atoms with Gasteiger partial charge in [0.15, 0.2) is 5.60 Å². The highest BCUT2D eigenvalue weighted by atomic mass is 16.5. The Balaban J connectivity index is 2.35. The van der Waals surface area contributed by atoms with Crippen molar-refractivity contribution in [1.82, 2.24) is 0 Å². The Bertz CT molecular complexity index is 177. The van der Waals surface area contributed by atoms with Crippen LogP contribution in [0.5, 0.6) is 0 Å². The summed E-state index contributed by atoms with van der Waals surface area (Å²) in [5.74, 6) is 0. The molecule has 0 heterocycles. The van der Waals surface area contributed by atoms with E-state index < -0.39 is 5.60 Å². The van der Waals surface area contributed by atoms with Gasteiger partial charge in [0.1, 0.15) is 0 Å². The number of nitrogens with zero attached hydrogens (tertiary/aromatic N) is 1. The third-order valence-corrected chi connectivity index (χ3v) is 2.37. The molecule has 0 bridgehead atoms. The number of aliphatic hydroxyl groups is 1. The van der Waals surface area contributed by atoms with Crippen molar-refractivity contribution in [2.75, 3.05) is 6.61 Å². The van der Waals surface area contributed by atoms with E-state index in [0.717, 1.165) is 19.4 Å². The lowest BCUT2D eigenvalue weighted by molar-refractivity contribution is -0.0242. The summed E-state index contributed by atoms with van der Waals surface area (Å²) in [6.07, 6.45) is 2.96. The lowest BCUT2D eigenvalue weighted by Gasteiger charge is -2.30. The minimum absolute atomic E-state index is 0.253. The summed E-state index contributed by atoms with van der Waals surface area (Å²) >= 11 is 0. The van der Waals surface area contributed by atoms with Gasteiger partial charge in [0.25, 0.3) is 0 Å². The predicted octanol–water partition coefficient (Wildman–Crippen LogP) is 1.22. The molecule has 3 nitrogen and oxygen atoms in total. The molecule has 0 aromatic heterocycles. The number of nitriles is 1. The van der Waals surface area contributed by atoms with Gasteiger partial charge in [-0.05, 0) is 32.6 Å². The van der Waals surface area contributed by atoms with Gasteiger partial charge < -0.3 is 9.84 Å². The molecule has 0 aromatic rings. The molecule has 0 saturated heterocycles. The Morgan fingerprint density at radius 1 is 1.58 bits per heavy atom. The van der Waals surface area contributed by atoms with E-state index in [4.69, 9.17) is 10.00 Å². The molecule has 68 valence electrons. The zero-order valence-electron chi connectivity index (χ0n) is 7.42. The summed E-state index contributed by atoms with van der Waals surface area (Å²) in [6.45, 7) is 2.68. The molecular formula is C9H15NO2. The lowest BCUT2D eigenvalue weighted by atomic mass is 9.84. The average Bonchev–Trinajstić information content (AvgIpc) is 2.10. The van der Waals surface area contributed by atoms with Crippen LogP contribution in [0.2, 0.25) is 0 Å². The van der Waals surface area contributed by atoms with Crippen molar-refractivity contribution in [3.8, 4) is 6.07 Å². The maximum Gasteiger partial charge on any atom is 0.151 e. The van der Waals surface area contributed by atoms with Crippen molar-refractivity contribution >= 4 is 0 Å². The highest BCUT2D eigenvalue weighted by molar-refractivity contribution is 5.02. The maximum atomic E-state index is 9.55. The molecule has 0 atom stereocenters. The summed E-state index contributed by atoms with van der Waals surface area (Å²) in [6, 6.07) is 1.94. The van der Waals surface area contributed by atoms with Crippen LogP contribution in [0.15, 0.2) is 0 Å². The van der Waals surface area contributed by atoms with Crippen LogP contribution < -0.4 is 0 Å². The largest absolute Gasteiger partial charge is 0.379 e. The molecule has 0 unspecified atom stereocenters. The molecule has 0 radical (unpaired) electrons. The zero-order chi connectivity index (χ0) is 9.03. The number of ether oxygens (including phenoxy) is 1. The molecule has 1 aliphatic rings. The molecule has 0 aromatic carbocycles. The van der Waals surface area contributed by atoms with Crippen LogP contribution in [0.25, 0.3) is 0 Å². The fourth-order valence-corrected chi connectivity index (χ4v) is 1.58. The Labute approximate surface area is 73.0 Å². The number of rotatable bonds is 2. The Morgan fingerprint density at radius 3 is 2.58 bits per heavy atom. The molecule has 1 N–H and O–H groups in total. The highest BCUT2D eigenvalue weighted by Crippen LogP contribution is 2.29. The zero-order valence-corrected chi connectivity index (χ0v) is 7.42. The standard InChI is InChI=1S/C9H15NO2/c1-2-12-8-3-5-9(11,7-10)6-4-8/h8,11H,2-6H2,1H3. The second-order valence-corrected chi connectivity index (χ2v) is 3.30. The van der Waals surface area contributed by atoms with E-state index >= 15 is 0 Å². The van der Waals surface area contributed by atoms with Crippen LogP contribution in [0.4, 0.5) is 0 Å². The minimum atomic E-state index is -1.08. The predicted molar refractivity (Wildman–Crippen MR) is 44.4 cm³/mol. The molecule has 1 aliphatic carbocycles. The lowest BCUT2D eigenvalue weighted by Crippen LogP contribution is -2.35. The van der Waals surface area contributed by atoms with Crippen molar-refractivity contribution < 1.29 is 9.84 Å². The molecule has 3 heteroatoms. The SMILES string of the molecule is CCOC1CCC(O)(C#N)CC1. The van der Waals surface area contributed by atoms with Crippen LogP contribution in [-0.2, 0) is 4.74 Å². The summed E-state index contributed by atoms with van der Waals surface area (Å²) in [7, 11) is 0. The topological polar surface area (TPSA) is 53.2 Å². The average molecular weight is 169 g/mol. The molecule has 1 saturated carbocycles. The maximum absolute atomic E-state index is 9.55. The Hall–Kier alpha value is -0.590. The van der Waals surface area contributed by atoms with Crippen molar-refractivity contribution in [1.29, 1.82) is 5.26 Å². The van der Waals surface area contributed by atoms with Gasteiger partial charge in [-0.3, -0.25) is 0 Å². The minimum Gasteiger partial charge on any atom is -0.379 e. The summed E-state index contributed by atoms with van der Waals surface area (Å²) in [5.41, 5.74) is -1.08. The molecule has 0 amide bonds. The van der Waals surface area contributed by atoms with Gasteiger partial charge in [-0.15, -0.1) is 0 Å². The van der Waals surface area contributed by atoms with E-state index in [1.165, 1.54) is 0 Å².